The molecule has 1 heterocycles. The summed E-state index contributed by atoms with van der Waals surface area (Å²) in [6, 6.07) is 6.17. The molecule has 0 fully saturated rings. The van der Waals surface area contributed by atoms with E-state index in [9.17, 15) is 9.59 Å². The lowest BCUT2D eigenvalue weighted by Crippen LogP contribution is -2.40. The van der Waals surface area contributed by atoms with Crippen LogP contribution >= 0.6 is 11.3 Å². The van der Waals surface area contributed by atoms with Gasteiger partial charge in [-0.05, 0) is 33.3 Å². The van der Waals surface area contributed by atoms with Crippen molar-refractivity contribution in [3.8, 4) is 10.6 Å². The third-order valence-corrected chi connectivity index (χ3v) is 4.72. The zero-order chi connectivity index (χ0) is 17.7. The molecule has 5 nitrogen and oxygen atoms in total. The SMILES string of the molecule is CCNC(=O)CN(CC)C(=O)c1cnc(-c2ccc(C)cc2C)s1. The van der Waals surface area contributed by atoms with Gasteiger partial charge in [-0.2, -0.15) is 0 Å². The number of rotatable bonds is 6. The first-order chi connectivity index (χ1) is 11.5. The predicted octanol–water partition coefficient (Wildman–Crippen LogP) is 3.03. The highest BCUT2D eigenvalue weighted by Crippen LogP contribution is 2.29. The molecule has 0 saturated heterocycles. The molecule has 2 amide bonds. The Labute approximate surface area is 146 Å². The summed E-state index contributed by atoms with van der Waals surface area (Å²) in [5.74, 6) is -0.302. The Morgan fingerprint density at radius 3 is 2.62 bits per heavy atom. The predicted molar refractivity (Wildman–Crippen MR) is 97.3 cm³/mol. The van der Waals surface area contributed by atoms with Crippen LogP contribution in [-0.4, -0.2) is 41.3 Å². The minimum absolute atomic E-state index is 0.0694. The number of hydrogen-bond donors (Lipinski definition) is 1. The Hall–Kier alpha value is -2.21. The highest BCUT2D eigenvalue weighted by atomic mass is 32.1. The lowest BCUT2D eigenvalue weighted by atomic mass is 10.1. The number of aromatic nitrogens is 1. The van der Waals surface area contributed by atoms with E-state index < -0.39 is 0 Å². The molecular formula is C18H23N3O2S. The Morgan fingerprint density at radius 1 is 1.25 bits per heavy atom. The van der Waals surface area contributed by atoms with Crippen molar-refractivity contribution >= 4 is 23.2 Å². The van der Waals surface area contributed by atoms with Crippen LogP contribution in [0.1, 0.15) is 34.6 Å². The number of aryl methyl sites for hydroxylation is 2. The minimum Gasteiger partial charge on any atom is -0.355 e. The quantitative estimate of drug-likeness (QED) is 0.875. The van der Waals surface area contributed by atoms with Gasteiger partial charge in [-0.1, -0.05) is 23.8 Å². The second-order valence-electron chi connectivity index (χ2n) is 5.62. The first kappa shape index (κ1) is 18.1. The summed E-state index contributed by atoms with van der Waals surface area (Å²) in [5.41, 5.74) is 3.37. The van der Waals surface area contributed by atoms with E-state index in [1.165, 1.54) is 21.8 Å². The average Bonchev–Trinajstić information content (AvgIpc) is 3.02. The van der Waals surface area contributed by atoms with Gasteiger partial charge in [0.15, 0.2) is 0 Å². The van der Waals surface area contributed by atoms with Crippen LogP contribution in [0.5, 0.6) is 0 Å². The largest absolute Gasteiger partial charge is 0.355 e. The first-order valence-electron chi connectivity index (χ1n) is 8.05. The number of carbonyl (C=O) groups is 2. The van der Waals surface area contributed by atoms with Gasteiger partial charge in [0, 0.05) is 18.7 Å². The molecule has 128 valence electrons. The van der Waals surface area contributed by atoms with Gasteiger partial charge in [-0.15, -0.1) is 11.3 Å². The number of thiazole rings is 1. The second kappa shape index (κ2) is 8.06. The van der Waals surface area contributed by atoms with Crippen LogP contribution < -0.4 is 5.32 Å². The smallest absolute Gasteiger partial charge is 0.266 e. The topological polar surface area (TPSA) is 62.3 Å². The van der Waals surface area contributed by atoms with Crippen LogP contribution in [0, 0.1) is 13.8 Å². The molecule has 0 atom stereocenters. The van der Waals surface area contributed by atoms with Crippen molar-refractivity contribution in [2.24, 2.45) is 0 Å². The fourth-order valence-electron chi connectivity index (χ4n) is 2.46. The van der Waals surface area contributed by atoms with E-state index in [0.29, 0.717) is 18.0 Å². The number of carbonyl (C=O) groups excluding carboxylic acids is 2. The summed E-state index contributed by atoms with van der Waals surface area (Å²) in [5, 5.41) is 3.54. The lowest BCUT2D eigenvalue weighted by Gasteiger charge is -2.19. The summed E-state index contributed by atoms with van der Waals surface area (Å²) in [6.07, 6.45) is 1.60. The molecule has 6 heteroatoms. The van der Waals surface area contributed by atoms with Crippen LogP contribution in [0.15, 0.2) is 24.4 Å². The number of hydrogen-bond acceptors (Lipinski definition) is 4. The van der Waals surface area contributed by atoms with E-state index in [1.807, 2.05) is 39.8 Å². The van der Waals surface area contributed by atoms with Crippen LogP contribution in [-0.2, 0) is 4.79 Å². The molecule has 2 aromatic rings. The number of benzene rings is 1. The van der Waals surface area contributed by atoms with Gasteiger partial charge in [0.1, 0.15) is 9.88 Å². The fraction of sp³-hybridized carbons (Fsp3) is 0.389. The van der Waals surface area contributed by atoms with Crippen molar-refractivity contribution in [1.82, 2.24) is 15.2 Å². The molecular weight excluding hydrogens is 322 g/mol. The average molecular weight is 345 g/mol. The standard InChI is InChI=1S/C18H23N3O2S/c1-5-19-16(22)11-21(6-2)18(23)15-10-20-17(24-15)14-8-7-12(3)9-13(14)4/h7-10H,5-6,11H2,1-4H3,(H,19,22). The molecule has 0 aliphatic rings. The van der Waals surface area contributed by atoms with Crippen LogP contribution in [0.2, 0.25) is 0 Å². The van der Waals surface area contributed by atoms with E-state index in [1.54, 1.807) is 6.20 Å². The summed E-state index contributed by atoms with van der Waals surface area (Å²) < 4.78 is 0. The number of nitrogens with one attached hydrogen (secondary N) is 1. The molecule has 1 aromatic heterocycles. The van der Waals surface area contributed by atoms with Crippen molar-refractivity contribution in [3.05, 3.63) is 40.4 Å². The minimum atomic E-state index is -0.155. The maximum absolute atomic E-state index is 12.6. The number of likely N-dealkylation sites (N-methyl/N-ethyl adjacent to an activating group) is 2. The number of amides is 2. The van der Waals surface area contributed by atoms with Gasteiger partial charge in [0.2, 0.25) is 5.91 Å². The van der Waals surface area contributed by atoms with Crippen molar-refractivity contribution in [1.29, 1.82) is 0 Å². The maximum Gasteiger partial charge on any atom is 0.266 e. The zero-order valence-corrected chi connectivity index (χ0v) is 15.4. The Kier molecular flexibility index (Phi) is 6.09. The highest BCUT2D eigenvalue weighted by molar-refractivity contribution is 7.16. The van der Waals surface area contributed by atoms with Gasteiger partial charge in [-0.3, -0.25) is 9.59 Å². The summed E-state index contributed by atoms with van der Waals surface area (Å²) in [7, 11) is 0. The monoisotopic (exact) mass is 345 g/mol. The summed E-state index contributed by atoms with van der Waals surface area (Å²) in [6.45, 7) is 8.92. The molecule has 0 saturated carbocycles. The molecule has 2 rings (SSSR count). The number of nitrogens with zero attached hydrogens (tertiary/aromatic N) is 2. The van der Waals surface area contributed by atoms with Crippen molar-refractivity contribution in [3.63, 3.8) is 0 Å². The third-order valence-electron chi connectivity index (χ3n) is 3.71. The van der Waals surface area contributed by atoms with Gasteiger partial charge in [-0.25, -0.2) is 4.98 Å². The van der Waals surface area contributed by atoms with Crippen molar-refractivity contribution < 1.29 is 9.59 Å². The second-order valence-corrected chi connectivity index (χ2v) is 6.65. The Morgan fingerprint density at radius 2 is 2.00 bits per heavy atom. The van der Waals surface area contributed by atoms with Crippen molar-refractivity contribution in [2.45, 2.75) is 27.7 Å². The van der Waals surface area contributed by atoms with E-state index in [0.717, 1.165) is 16.1 Å². The zero-order valence-electron chi connectivity index (χ0n) is 14.5. The molecule has 1 aromatic carbocycles. The van der Waals surface area contributed by atoms with E-state index in [4.69, 9.17) is 0 Å². The summed E-state index contributed by atoms with van der Waals surface area (Å²) >= 11 is 1.36. The Bertz CT molecular complexity index is 740. The van der Waals surface area contributed by atoms with Crippen LogP contribution in [0.25, 0.3) is 10.6 Å². The van der Waals surface area contributed by atoms with E-state index >= 15 is 0 Å². The van der Waals surface area contributed by atoms with Crippen LogP contribution in [0.4, 0.5) is 0 Å². The van der Waals surface area contributed by atoms with Crippen molar-refractivity contribution in [2.75, 3.05) is 19.6 Å². The fourth-order valence-corrected chi connectivity index (χ4v) is 3.44. The lowest BCUT2D eigenvalue weighted by molar-refractivity contribution is -0.121. The van der Waals surface area contributed by atoms with Gasteiger partial charge in [0.25, 0.3) is 5.91 Å². The van der Waals surface area contributed by atoms with E-state index in [-0.39, 0.29) is 18.4 Å². The highest BCUT2D eigenvalue weighted by Gasteiger charge is 2.20. The molecule has 0 unspecified atom stereocenters. The van der Waals surface area contributed by atoms with Gasteiger partial charge in [0.05, 0.1) is 12.7 Å². The molecule has 0 spiro atoms. The molecule has 0 bridgehead atoms. The maximum atomic E-state index is 12.6. The van der Waals surface area contributed by atoms with Crippen LogP contribution in [0.3, 0.4) is 0 Å². The molecule has 0 aliphatic heterocycles. The first-order valence-corrected chi connectivity index (χ1v) is 8.87. The van der Waals surface area contributed by atoms with Gasteiger partial charge < -0.3 is 10.2 Å². The van der Waals surface area contributed by atoms with Gasteiger partial charge >= 0.3 is 0 Å². The van der Waals surface area contributed by atoms with E-state index in [2.05, 4.69) is 16.4 Å². The Balaban J connectivity index is 2.19. The third kappa shape index (κ3) is 4.20. The molecule has 0 aliphatic carbocycles. The molecule has 1 N–H and O–H groups in total. The molecule has 24 heavy (non-hydrogen) atoms. The normalized spacial score (nSPS) is 10.5. The molecule has 0 radical (unpaired) electrons. The summed E-state index contributed by atoms with van der Waals surface area (Å²) in [4.78, 5) is 30.8.